The van der Waals surface area contributed by atoms with Gasteiger partial charge >= 0.3 is 17.8 Å². The van der Waals surface area contributed by atoms with Gasteiger partial charge in [-0.3, -0.25) is 4.79 Å². The first-order valence-electron chi connectivity index (χ1n) is 16.9. The summed E-state index contributed by atoms with van der Waals surface area (Å²) in [4.78, 5) is 66.1. The molecule has 12 heteroatoms. The van der Waals surface area contributed by atoms with Crippen LogP contribution in [0.5, 0.6) is 0 Å². The van der Waals surface area contributed by atoms with E-state index >= 15 is 0 Å². The molecule has 12 nitrogen and oxygen atoms in total. The molecule has 3 fully saturated rings. The number of aromatic nitrogens is 2. The molecule has 5 heterocycles. The number of piperidine rings is 3. The van der Waals surface area contributed by atoms with E-state index in [9.17, 15) is 19.2 Å². The number of fused-ring (bicyclic) bond motifs is 2. The van der Waals surface area contributed by atoms with E-state index in [0.29, 0.717) is 69.1 Å². The molecule has 0 bridgehead atoms. The molecule has 0 saturated carbocycles. The molecule has 1 atom stereocenters. The van der Waals surface area contributed by atoms with Crippen molar-refractivity contribution in [2.75, 3.05) is 44.6 Å². The zero-order valence-electron chi connectivity index (χ0n) is 26.3. The topological polar surface area (TPSA) is 137 Å². The van der Waals surface area contributed by atoms with Crippen LogP contribution in [0.3, 0.4) is 0 Å². The highest BCUT2D eigenvalue weighted by atomic mass is 16.2. The van der Waals surface area contributed by atoms with Crippen molar-refractivity contribution < 1.29 is 14.4 Å². The summed E-state index contributed by atoms with van der Waals surface area (Å²) in [6, 6.07) is 12.9. The van der Waals surface area contributed by atoms with E-state index in [-0.39, 0.29) is 29.7 Å². The van der Waals surface area contributed by atoms with Crippen molar-refractivity contribution in [3.8, 4) is 0 Å². The summed E-state index contributed by atoms with van der Waals surface area (Å²) in [6.45, 7) is 5.22. The highest BCUT2D eigenvalue weighted by Gasteiger charge is 2.35. The molecule has 3 saturated heterocycles. The number of anilines is 1. The van der Waals surface area contributed by atoms with Crippen LogP contribution in [0.15, 0.2) is 47.3 Å². The fraction of sp³-hybridized carbons (Fsp3) is 0.529. The predicted octanol–water partition coefficient (Wildman–Crippen LogP) is 3.47. The molecule has 1 aromatic heterocycles. The van der Waals surface area contributed by atoms with Gasteiger partial charge < -0.3 is 40.2 Å². The van der Waals surface area contributed by atoms with Gasteiger partial charge in [-0.25, -0.2) is 14.4 Å². The molecule has 4 N–H and O–H groups in total. The number of benzene rings is 2. The number of carbonyl (C=O) groups excluding carboxylic acids is 3. The Morgan fingerprint density at radius 3 is 2.28 bits per heavy atom. The maximum Gasteiger partial charge on any atom is 0.323 e. The Morgan fingerprint density at radius 2 is 1.50 bits per heavy atom. The van der Waals surface area contributed by atoms with Crippen LogP contribution in [0.1, 0.15) is 56.1 Å². The third-order valence-corrected chi connectivity index (χ3v) is 10.4. The van der Waals surface area contributed by atoms with Gasteiger partial charge in [-0.1, -0.05) is 30.7 Å². The molecule has 0 aliphatic carbocycles. The summed E-state index contributed by atoms with van der Waals surface area (Å²) in [5.41, 5.74) is 3.90. The lowest BCUT2D eigenvalue weighted by Gasteiger charge is -2.42. The number of hydrogen-bond acceptors (Lipinski definition) is 5. The molecule has 2 aromatic carbocycles. The van der Waals surface area contributed by atoms with Crippen molar-refractivity contribution >= 4 is 34.7 Å². The van der Waals surface area contributed by atoms with E-state index in [0.717, 1.165) is 42.7 Å². The smallest absolute Gasteiger partial charge is 0.323 e. The number of aromatic amines is 2. The fourth-order valence-electron chi connectivity index (χ4n) is 7.74. The summed E-state index contributed by atoms with van der Waals surface area (Å²) in [6.07, 6.45) is 7.37. The highest BCUT2D eigenvalue weighted by molar-refractivity contribution is 5.92. The van der Waals surface area contributed by atoms with Crippen molar-refractivity contribution in [3.63, 3.8) is 0 Å². The molecule has 4 aliphatic heterocycles. The molecule has 0 radical (unpaired) electrons. The number of rotatable bonds is 6. The Bertz CT molecular complexity index is 1630. The van der Waals surface area contributed by atoms with Gasteiger partial charge in [0, 0.05) is 56.9 Å². The standard InChI is InChI=1S/C34H44N8O4/c43-31(40-16-10-25(11-17-40)39-14-4-1-5-15-39)30(21-23-8-9-28-29(20-23)36-32(44)35-28)38-33(45)41-18-12-26(13-19-41)42-22-24-6-2-3-7-27(24)37-34(42)46/h2-3,6-9,20,25-26,30H,1,4-5,10-19,21-22H2,(H,37,46)(H,38,45)(H2,35,36,44). The van der Waals surface area contributed by atoms with Crippen LogP contribution in [0.2, 0.25) is 0 Å². The summed E-state index contributed by atoms with van der Waals surface area (Å²) in [5, 5.41) is 6.08. The Morgan fingerprint density at radius 1 is 0.804 bits per heavy atom. The van der Waals surface area contributed by atoms with Gasteiger partial charge in [0.25, 0.3) is 0 Å². The Balaban J connectivity index is 1.00. The zero-order valence-corrected chi connectivity index (χ0v) is 26.3. The Labute approximate surface area is 268 Å². The van der Waals surface area contributed by atoms with Gasteiger partial charge in [-0.15, -0.1) is 0 Å². The van der Waals surface area contributed by atoms with E-state index in [2.05, 4.69) is 25.5 Å². The molecule has 4 aliphatic rings. The number of nitrogens with one attached hydrogen (secondary N) is 4. The maximum absolute atomic E-state index is 14.0. The molecule has 46 heavy (non-hydrogen) atoms. The van der Waals surface area contributed by atoms with Gasteiger partial charge in [0.15, 0.2) is 0 Å². The number of nitrogens with zero attached hydrogens (tertiary/aromatic N) is 4. The molecule has 244 valence electrons. The second-order valence-electron chi connectivity index (χ2n) is 13.3. The molecular formula is C34H44N8O4. The number of urea groups is 2. The number of imidazole rings is 1. The summed E-state index contributed by atoms with van der Waals surface area (Å²) < 4.78 is 0. The Kier molecular flexibility index (Phi) is 8.70. The Hall–Kier alpha value is -4.32. The first kappa shape index (κ1) is 30.3. The number of carbonyl (C=O) groups is 3. The van der Waals surface area contributed by atoms with Crippen molar-refractivity contribution in [2.45, 2.75) is 76.0 Å². The average Bonchev–Trinajstić information content (AvgIpc) is 3.47. The summed E-state index contributed by atoms with van der Waals surface area (Å²) in [5.74, 6) is -0.0633. The lowest BCUT2D eigenvalue weighted by molar-refractivity contribution is -0.134. The van der Waals surface area contributed by atoms with E-state index in [1.807, 2.05) is 52.3 Å². The van der Waals surface area contributed by atoms with Gasteiger partial charge in [-0.2, -0.15) is 0 Å². The van der Waals surface area contributed by atoms with Gasteiger partial charge in [0.2, 0.25) is 5.91 Å². The minimum Gasteiger partial charge on any atom is -0.341 e. The monoisotopic (exact) mass is 628 g/mol. The van der Waals surface area contributed by atoms with Gasteiger partial charge in [0.05, 0.1) is 11.0 Å². The van der Waals surface area contributed by atoms with Crippen LogP contribution in [-0.2, 0) is 17.8 Å². The predicted molar refractivity (Wildman–Crippen MR) is 176 cm³/mol. The highest BCUT2D eigenvalue weighted by Crippen LogP contribution is 2.28. The lowest BCUT2D eigenvalue weighted by Crippen LogP contribution is -2.57. The van der Waals surface area contributed by atoms with Crippen LogP contribution in [0, 0.1) is 0 Å². The first-order chi connectivity index (χ1) is 22.4. The fourth-order valence-corrected chi connectivity index (χ4v) is 7.74. The number of amides is 5. The summed E-state index contributed by atoms with van der Waals surface area (Å²) >= 11 is 0. The lowest BCUT2D eigenvalue weighted by atomic mass is 9.98. The minimum absolute atomic E-state index is 0.0336. The van der Waals surface area contributed by atoms with Crippen LogP contribution in [0.4, 0.5) is 15.3 Å². The molecular weight excluding hydrogens is 584 g/mol. The van der Waals surface area contributed by atoms with Crippen molar-refractivity contribution in [3.05, 3.63) is 64.1 Å². The van der Waals surface area contributed by atoms with E-state index in [1.165, 1.54) is 19.3 Å². The quantitative estimate of drug-likeness (QED) is 0.332. The van der Waals surface area contributed by atoms with E-state index in [4.69, 9.17) is 0 Å². The molecule has 1 unspecified atom stereocenters. The molecule has 0 spiro atoms. The van der Waals surface area contributed by atoms with Gasteiger partial charge in [-0.05, 0) is 80.9 Å². The molecule has 3 aromatic rings. The minimum atomic E-state index is -0.732. The van der Waals surface area contributed by atoms with Crippen molar-refractivity contribution in [2.24, 2.45) is 0 Å². The SMILES string of the molecule is O=C(NC(Cc1ccc2[nH]c(=O)[nH]c2c1)C(=O)N1CCC(N2CCCCC2)CC1)N1CCC(N2Cc3ccccc3NC2=O)CC1. The molecule has 5 amide bonds. The molecule has 7 rings (SSSR count). The van der Waals surface area contributed by atoms with Crippen LogP contribution >= 0.6 is 0 Å². The van der Waals surface area contributed by atoms with Crippen molar-refractivity contribution in [1.82, 2.24) is 34.9 Å². The second kappa shape index (κ2) is 13.2. The first-order valence-corrected chi connectivity index (χ1v) is 16.9. The van der Waals surface area contributed by atoms with E-state index < -0.39 is 6.04 Å². The third kappa shape index (κ3) is 6.48. The number of hydrogen-bond donors (Lipinski definition) is 4. The zero-order chi connectivity index (χ0) is 31.6. The normalized spacial score (nSPS) is 20.8. The summed E-state index contributed by atoms with van der Waals surface area (Å²) in [7, 11) is 0. The van der Waals surface area contributed by atoms with Crippen LogP contribution < -0.4 is 16.3 Å². The third-order valence-electron chi connectivity index (χ3n) is 10.4. The number of para-hydroxylation sites is 1. The number of likely N-dealkylation sites (tertiary alicyclic amines) is 3. The largest absolute Gasteiger partial charge is 0.341 e. The second-order valence-corrected chi connectivity index (χ2v) is 13.3. The average molecular weight is 629 g/mol. The van der Waals surface area contributed by atoms with Gasteiger partial charge in [0.1, 0.15) is 6.04 Å². The number of H-pyrrole nitrogens is 2. The van der Waals surface area contributed by atoms with E-state index in [1.54, 1.807) is 4.90 Å². The van der Waals surface area contributed by atoms with Crippen molar-refractivity contribution in [1.29, 1.82) is 0 Å². The van der Waals surface area contributed by atoms with Crippen LogP contribution in [0.25, 0.3) is 11.0 Å². The maximum atomic E-state index is 14.0. The van der Waals surface area contributed by atoms with Crippen LogP contribution in [-0.4, -0.2) is 105 Å².